The molecule has 3 nitrogen and oxygen atoms in total. The van der Waals surface area contributed by atoms with Crippen molar-refractivity contribution in [2.75, 3.05) is 13.2 Å². The fourth-order valence-corrected chi connectivity index (χ4v) is 2.88. The second-order valence-electron chi connectivity index (χ2n) is 5.81. The van der Waals surface area contributed by atoms with Crippen LogP contribution in [0.25, 0.3) is 0 Å². The number of carbonyl (C=O) groups excluding carboxylic acids is 1. The molecule has 120 valence electrons. The lowest BCUT2D eigenvalue weighted by Gasteiger charge is -2.17. The van der Waals surface area contributed by atoms with E-state index in [1.165, 1.54) is 12.1 Å². The van der Waals surface area contributed by atoms with Crippen LogP contribution in [-0.4, -0.2) is 19.1 Å². The van der Waals surface area contributed by atoms with Crippen LogP contribution >= 0.6 is 22.6 Å². The zero-order valence-electron chi connectivity index (χ0n) is 12.5. The molecule has 1 amide bonds. The third-order valence-electron chi connectivity index (χ3n) is 4.12. The average molecular weight is 425 g/mol. The standard InChI is InChI=1S/C18H17FINO2/c19-14-3-1-13(2-4-14)18(9-10-18)12-21-17(22)11-23-16-7-5-15(20)6-8-16/h1-8H,9-12H2,(H,21,22). The van der Waals surface area contributed by atoms with E-state index in [2.05, 4.69) is 27.9 Å². The summed E-state index contributed by atoms with van der Waals surface area (Å²) in [6.45, 7) is 0.563. The molecule has 0 radical (unpaired) electrons. The minimum Gasteiger partial charge on any atom is -0.484 e. The monoisotopic (exact) mass is 425 g/mol. The van der Waals surface area contributed by atoms with E-state index >= 15 is 0 Å². The first-order chi connectivity index (χ1) is 11.1. The number of halogens is 2. The molecule has 5 heteroatoms. The highest BCUT2D eigenvalue weighted by Crippen LogP contribution is 2.47. The number of hydrogen-bond acceptors (Lipinski definition) is 2. The van der Waals surface area contributed by atoms with Gasteiger partial charge in [0, 0.05) is 15.5 Å². The molecule has 0 spiro atoms. The molecule has 3 rings (SSSR count). The lowest BCUT2D eigenvalue weighted by Crippen LogP contribution is -2.35. The Bertz CT molecular complexity index is 681. The first-order valence-electron chi connectivity index (χ1n) is 7.49. The molecule has 2 aromatic rings. The Morgan fingerprint density at radius 3 is 2.39 bits per heavy atom. The summed E-state index contributed by atoms with van der Waals surface area (Å²) in [5.74, 6) is 0.302. The first-order valence-corrected chi connectivity index (χ1v) is 8.56. The van der Waals surface area contributed by atoms with Crippen LogP contribution in [0, 0.1) is 9.39 Å². The van der Waals surface area contributed by atoms with E-state index in [0.29, 0.717) is 12.3 Å². The highest BCUT2D eigenvalue weighted by atomic mass is 127. The zero-order valence-corrected chi connectivity index (χ0v) is 14.7. The number of carbonyl (C=O) groups is 1. The number of amides is 1. The predicted molar refractivity (Wildman–Crippen MR) is 95.0 cm³/mol. The average Bonchev–Trinajstić information content (AvgIpc) is 3.34. The molecule has 1 N–H and O–H groups in total. The van der Waals surface area contributed by atoms with Crippen molar-refractivity contribution < 1.29 is 13.9 Å². The van der Waals surface area contributed by atoms with Crippen LogP contribution < -0.4 is 10.1 Å². The second-order valence-corrected chi connectivity index (χ2v) is 7.05. The summed E-state index contributed by atoms with van der Waals surface area (Å²) >= 11 is 2.22. The van der Waals surface area contributed by atoms with Gasteiger partial charge < -0.3 is 10.1 Å². The van der Waals surface area contributed by atoms with Gasteiger partial charge in [-0.3, -0.25) is 4.79 Å². The van der Waals surface area contributed by atoms with Gasteiger partial charge in [0.25, 0.3) is 5.91 Å². The fourth-order valence-electron chi connectivity index (χ4n) is 2.52. The van der Waals surface area contributed by atoms with Gasteiger partial charge in [0.05, 0.1) is 0 Å². The Hall–Kier alpha value is -1.63. The molecule has 1 aliphatic rings. The lowest BCUT2D eigenvalue weighted by molar-refractivity contribution is -0.123. The molecule has 0 atom stereocenters. The van der Waals surface area contributed by atoms with Crippen LogP contribution in [0.4, 0.5) is 4.39 Å². The Balaban J connectivity index is 1.49. The van der Waals surface area contributed by atoms with Gasteiger partial charge in [-0.05, 0) is 77.4 Å². The van der Waals surface area contributed by atoms with Gasteiger partial charge in [-0.1, -0.05) is 12.1 Å². The molecule has 0 bridgehead atoms. The van der Waals surface area contributed by atoms with Crippen LogP contribution in [0.15, 0.2) is 48.5 Å². The third-order valence-corrected chi connectivity index (χ3v) is 4.84. The van der Waals surface area contributed by atoms with Crippen LogP contribution in [0.2, 0.25) is 0 Å². The first kappa shape index (κ1) is 16.2. The van der Waals surface area contributed by atoms with Crippen molar-refractivity contribution >= 4 is 28.5 Å². The molecule has 0 unspecified atom stereocenters. The quantitative estimate of drug-likeness (QED) is 0.718. The van der Waals surface area contributed by atoms with Crippen molar-refractivity contribution in [1.29, 1.82) is 0 Å². The molecule has 23 heavy (non-hydrogen) atoms. The normalized spacial score (nSPS) is 15.0. The lowest BCUT2D eigenvalue weighted by atomic mass is 9.96. The van der Waals surface area contributed by atoms with E-state index in [-0.39, 0.29) is 23.7 Å². The molecule has 2 aromatic carbocycles. The maximum atomic E-state index is 13.0. The van der Waals surface area contributed by atoms with Gasteiger partial charge in [0.2, 0.25) is 0 Å². The Morgan fingerprint density at radius 1 is 1.13 bits per heavy atom. The van der Waals surface area contributed by atoms with Crippen molar-refractivity contribution in [3.8, 4) is 5.75 Å². The summed E-state index contributed by atoms with van der Waals surface area (Å²) in [5.41, 5.74) is 1.05. The molecule has 1 aliphatic carbocycles. The minimum absolute atomic E-state index is 0.0000895. The number of rotatable bonds is 6. The highest BCUT2D eigenvalue weighted by Gasteiger charge is 2.44. The van der Waals surface area contributed by atoms with Crippen molar-refractivity contribution in [2.45, 2.75) is 18.3 Å². The van der Waals surface area contributed by atoms with Gasteiger partial charge >= 0.3 is 0 Å². The summed E-state index contributed by atoms with van der Waals surface area (Å²) in [7, 11) is 0. The molecule has 0 saturated heterocycles. The van der Waals surface area contributed by atoms with E-state index in [4.69, 9.17) is 4.74 Å². The Kier molecular flexibility index (Phi) is 4.84. The Labute approximate surface area is 148 Å². The van der Waals surface area contributed by atoms with Gasteiger partial charge in [-0.15, -0.1) is 0 Å². The van der Waals surface area contributed by atoms with Crippen LogP contribution in [-0.2, 0) is 10.2 Å². The van der Waals surface area contributed by atoms with Crippen molar-refractivity contribution in [3.05, 3.63) is 63.5 Å². The predicted octanol–water partition coefficient (Wildman–Crippen LogP) is 3.66. The van der Waals surface area contributed by atoms with Gasteiger partial charge in [0.1, 0.15) is 11.6 Å². The molecule has 1 fully saturated rings. The minimum atomic E-state index is -0.237. The highest BCUT2D eigenvalue weighted by molar-refractivity contribution is 14.1. The van der Waals surface area contributed by atoms with Gasteiger partial charge in [0.15, 0.2) is 6.61 Å². The molecule has 1 saturated carbocycles. The maximum Gasteiger partial charge on any atom is 0.257 e. The van der Waals surface area contributed by atoms with Crippen molar-refractivity contribution in [2.24, 2.45) is 0 Å². The number of hydrogen-bond donors (Lipinski definition) is 1. The Morgan fingerprint density at radius 2 is 1.78 bits per heavy atom. The van der Waals surface area contributed by atoms with E-state index in [0.717, 1.165) is 22.0 Å². The topological polar surface area (TPSA) is 38.3 Å². The van der Waals surface area contributed by atoms with Gasteiger partial charge in [-0.2, -0.15) is 0 Å². The number of benzene rings is 2. The molecular formula is C18H17FINO2. The molecule has 0 aliphatic heterocycles. The van der Waals surface area contributed by atoms with E-state index in [1.54, 1.807) is 12.1 Å². The van der Waals surface area contributed by atoms with Crippen molar-refractivity contribution in [3.63, 3.8) is 0 Å². The molecular weight excluding hydrogens is 408 g/mol. The smallest absolute Gasteiger partial charge is 0.257 e. The van der Waals surface area contributed by atoms with Crippen LogP contribution in [0.3, 0.4) is 0 Å². The number of ether oxygens (including phenoxy) is 1. The fraction of sp³-hybridized carbons (Fsp3) is 0.278. The second kappa shape index (κ2) is 6.86. The SMILES string of the molecule is O=C(COc1ccc(I)cc1)NCC1(c2ccc(F)cc2)CC1. The van der Waals surface area contributed by atoms with Crippen LogP contribution in [0.1, 0.15) is 18.4 Å². The molecule has 0 aromatic heterocycles. The van der Waals surface area contributed by atoms with Crippen molar-refractivity contribution in [1.82, 2.24) is 5.32 Å². The summed E-state index contributed by atoms with van der Waals surface area (Å²) < 4.78 is 19.6. The maximum absolute atomic E-state index is 13.0. The molecule has 0 heterocycles. The zero-order chi connectivity index (χ0) is 16.3. The van der Waals surface area contributed by atoms with Crippen LogP contribution in [0.5, 0.6) is 5.75 Å². The van der Waals surface area contributed by atoms with E-state index < -0.39 is 0 Å². The summed E-state index contributed by atoms with van der Waals surface area (Å²) in [6, 6.07) is 14.1. The summed E-state index contributed by atoms with van der Waals surface area (Å²) in [4.78, 5) is 11.9. The summed E-state index contributed by atoms with van der Waals surface area (Å²) in [6.07, 6.45) is 2.02. The van der Waals surface area contributed by atoms with E-state index in [9.17, 15) is 9.18 Å². The third kappa shape index (κ3) is 4.22. The number of nitrogens with one attached hydrogen (secondary N) is 1. The largest absolute Gasteiger partial charge is 0.484 e. The van der Waals surface area contributed by atoms with Gasteiger partial charge in [-0.25, -0.2) is 4.39 Å². The van der Waals surface area contributed by atoms with E-state index in [1.807, 2.05) is 24.3 Å². The summed E-state index contributed by atoms with van der Waals surface area (Å²) in [5, 5.41) is 2.92.